The molecule has 0 amide bonds. The number of phenols is 1. The summed E-state index contributed by atoms with van der Waals surface area (Å²) < 4.78 is 1.70. The summed E-state index contributed by atoms with van der Waals surface area (Å²) in [4.78, 5) is 0. The van der Waals surface area contributed by atoms with Crippen LogP contribution in [0.5, 0.6) is 5.75 Å². The molecule has 0 saturated heterocycles. The number of hydrogen-bond donors (Lipinski definition) is 1. The number of phenolic OH excluding ortho intramolecular Hbond substituents is 1. The van der Waals surface area contributed by atoms with Crippen molar-refractivity contribution in [2.24, 2.45) is 5.10 Å². The Kier molecular flexibility index (Phi) is 8.01. The summed E-state index contributed by atoms with van der Waals surface area (Å²) in [5.74, 6) is 0.619. The molecule has 0 saturated carbocycles. The molecule has 0 fully saturated rings. The summed E-state index contributed by atoms with van der Waals surface area (Å²) >= 11 is -0.556. The van der Waals surface area contributed by atoms with Crippen LogP contribution < -0.4 is 0 Å². The number of benzene rings is 1. The fourth-order valence-corrected chi connectivity index (χ4v) is 1.68. The molecule has 0 spiro atoms. The van der Waals surface area contributed by atoms with Gasteiger partial charge in [0.25, 0.3) is 0 Å². The first kappa shape index (κ1) is 17.3. The van der Waals surface area contributed by atoms with Gasteiger partial charge in [0.15, 0.2) is 0 Å². The average molecular weight is 347 g/mol. The molecule has 20 heavy (non-hydrogen) atoms. The second-order valence-corrected chi connectivity index (χ2v) is 6.90. The Morgan fingerprint density at radius 2 is 1.80 bits per heavy atom. The quantitative estimate of drug-likeness (QED) is 0.641. The van der Waals surface area contributed by atoms with E-state index >= 15 is 0 Å². The van der Waals surface area contributed by atoms with Gasteiger partial charge >= 0.3 is 35.6 Å². The third-order valence-corrected chi connectivity index (χ3v) is 2.64. The fraction of sp³-hybridized carbons (Fsp3) is 0.214. The molecule has 0 aliphatic heterocycles. The van der Waals surface area contributed by atoms with Gasteiger partial charge in [0.2, 0.25) is 0 Å². The molecular weight excluding hydrogens is 331 g/mol. The molecule has 1 aromatic carbocycles. The van der Waals surface area contributed by atoms with E-state index in [9.17, 15) is 5.11 Å². The van der Waals surface area contributed by atoms with E-state index in [-0.39, 0.29) is 0 Å². The number of rotatable bonds is 3. The predicted molar refractivity (Wildman–Crippen MR) is 81.3 cm³/mol. The second kappa shape index (κ2) is 9.25. The van der Waals surface area contributed by atoms with Crippen LogP contribution in [0.3, 0.4) is 0 Å². The van der Waals surface area contributed by atoms with Gasteiger partial charge in [-0.2, -0.15) is 5.10 Å². The van der Waals surface area contributed by atoms with Crippen molar-refractivity contribution in [3.63, 3.8) is 0 Å². The average Bonchev–Trinajstić information content (AvgIpc) is 2.91. The van der Waals surface area contributed by atoms with E-state index in [2.05, 4.69) is 18.9 Å². The first-order chi connectivity index (χ1) is 9.60. The summed E-state index contributed by atoms with van der Waals surface area (Å²) in [6.45, 7) is 4.11. The van der Waals surface area contributed by atoms with Crippen molar-refractivity contribution in [3.8, 4) is 5.75 Å². The Hall–Kier alpha value is -0.736. The van der Waals surface area contributed by atoms with Crippen molar-refractivity contribution in [3.05, 3.63) is 53.9 Å². The van der Waals surface area contributed by atoms with Gasteiger partial charge in [0.05, 0.1) is 6.21 Å². The third kappa shape index (κ3) is 5.33. The number of para-hydroxylation sites is 1. The molecule has 2 aromatic rings. The van der Waals surface area contributed by atoms with Crippen LogP contribution in [0.15, 0.2) is 47.8 Å². The van der Waals surface area contributed by atoms with Crippen molar-refractivity contribution in [1.82, 2.24) is 4.68 Å². The Balaban J connectivity index is 0.000000612. The van der Waals surface area contributed by atoms with Crippen LogP contribution in [0.4, 0.5) is 0 Å². The van der Waals surface area contributed by atoms with Crippen molar-refractivity contribution in [2.75, 3.05) is 0 Å². The summed E-state index contributed by atoms with van der Waals surface area (Å²) in [5, 5.41) is 14.3. The van der Waals surface area contributed by atoms with Gasteiger partial charge in [0, 0.05) is 18.0 Å². The van der Waals surface area contributed by atoms with Gasteiger partial charge < -0.3 is 5.11 Å². The maximum atomic E-state index is 10.1. The fourth-order valence-electron chi connectivity index (χ4n) is 1.68. The summed E-state index contributed by atoms with van der Waals surface area (Å²) in [5.41, 5.74) is 1.69. The first-order valence-corrected chi connectivity index (χ1v) is 10.3. The second-order valence-electron chi connectivity index (χ2n) is 4.32. The van der Waals surface area contributed by atoms with E-state index in [1.807, 2.05) is 42.7 Å². The van der Waals surface area contributed by atoms with Gasteiger partial charge in [-0.3, -0.25) is 0 Å². The predicted octanol–water partition coefficient (Wildman–Crippen LogP) is 4.58. The Bertz CT molecular complexity index is 542. The van der Waals surface area contributed by atoms with Crippen molar-refractivity contribution < 1.29 is 22.1 Å². The molecule has 0 bridgehead atoms. The van der Waals surface area contributed by atoms with Crippen molar-refractivity contribution >= 4 is 24.8 Å². The Morgan fingerprint density at radius 3 is 2.35 bits per heavy atom. The number of aromatic hydroxyl groups is 1. The number of hydrogen-bond acceptors (Lipinski definition) is 2. The van der Waals surface area contributed by atoms with E-state index in [1.54, 1.807) is 10.9 Å². The molecule has 0 aliphatic carbocycles. The van der Waals surface area contributed by atoms with Gasteiger partial charge in [-0.05, 0) is 29.7 Å². The van der Waals surface area contributed by atoms with Gasteiger partial charge in [-0.1, -0.05) is 26.0 Å². The van der Waals surface area contributed by atoms with Crippen LogP contribution >= 0.6 is 18.6 Å². The van der Waals surface area contributed by atoms with Gasteiger partial charge in [-0.25, -0.2) is 4.68 Å². The van der Waals surface area contributed by atoms with Crippen LogP contribution in [0, 0.1) is 0 Å². The number of aromatic nitrogens is 1. The molecule has 2 rings (SSSR count). The minimum atomic E-state index is -0.556. The molecule has 0 unspecified atom stereocenters. The van der Waals surface area contributed by atoms with Crippen LogP contribution in [-0.2, 0) is 17.0 Å². The zero-order valence-corrected chi connectivity index (χ0v) is 14.4. The zero-order valence-electron chi connectivity index (χ0n) is 11.3. The molecule has 0 atom stereocenters. The first-order valence-electron chi connectivity index (χ1n) is 6.05. The topological polar surface area (TPSA) is 37.5 Å². The van der Waals surface area contributed by atoms with E-state index in [4.69, 9.17) is 18.6 Å². The SMILES string of the molecule is CC(C)c1cccc(C=Nn2cccc2)c1O.[Cl][Ti][Cl]. The van der Waals surface area contributed by atoms with Gasteiger partial charge in [0.1, 0.15) is 5.75 Å². The maximum absolute atomic E-state index is 10.1. The monoisotopic (exact) mass is 346 g/mol. The molecule has 106 valence electrons. The van der Waals surface area contributed by atoms with Crippen LogP contribution in [0.2, 0.25) is 0 Å². The van der Waals surface area contributed by atoms with Crippen molar-refractivity contribution in [1.29, 1.82) is 0 Å². The Morgan fingerprint density at radius 1 is 1.20 bits per heavy atom. The Labute approximate surface area is 135 Å². The molecule has 0 radical (unpaired) electrons. The summed E-state index contributed by atoms with van der Waals surface area (Å²) in [6.07, 6.45) is 5.36. The summed E-state index contributed by atoms with van der Waals surface area (Å²) in [7, 11) is 9.78. The molecule has 1 N–H and O–H groups in total. The number of halogens is 2. The standard InChI is InChI=1S/C14H16N2O.2ClH.Ti/c1-11(2)13-7-5-6-12(14(13)17)10-15-16-8-3-4-9-16;;;/h3-11,17H,1-2H3;2*1H;/q;;;+2/p-2. The van der Waals surface area contributed by atoms with Crippen LogP contribution in [0.1, 0.15) is 30.9 Å². The van der Waals surface area contributed by atoms with Crippen molar-refractivity contribution in [2.45, 2.75) is 19.8 Å². The van der Waals surface area contributed by atoms with E-state index in [0.717, 1.165) is 11.1 Å². The molecule has 1 heterocycles. The van der Waals surface area contributed by atoms with E-state index in [1.165, 1.54) is 0 Å². The van der Waals surface area contributed by atoms with E-state index < -0.39 is 17.0 Å². The summed E-state index contributed by atoms with van der Waals surface area (Å²) in [6, 6.07) is 9.54. The molecule has 6 heteroatoms. The normalized spacial score (nSPS) is 10.4. The molecule has 1 aromatic heterocycles. The molecular formula is C14H16Cl2N2OTi. The third-order valence-electron chi connectivity index (χ3n) is 2.64. The van der Waals surface area contributed by atoms with Crippen LogP contribution in [0.25, 0.3) is 0 Å². The van der Waals surface area contributed by atoms with Gasteiger partial charge in [-0.15, -0.1) is 0 Å². The molecule has 0 aliphatic rings. The van der Waals surface area contributed by atoms with E-state index in [0.29, 0.717) is 11.7 Å². The number of nitrogens with zero attached hydrogens (tertiary/aromatic N) is 2. The van der Waals surface area contributed by atoms with Crippen LogP contribution in [-0.4, -0.2) is 16.0 Å². The molecule has 3 nitrogen and oxygen atoms in total. The zero-order chi connectivity index (χ0) is 15.0. The minimum absolute atomic E-state index is 0.301.